The van der Waals surface area contributed by atoms with Crippen molar-refractivity contribution in [3.05, 3.63) is 35.7 Å². The summed E-state index contributed by atoms with van der Waals surface area (Å²) < 4.78 is 1.88. The fourth-order valence-corrected chi connectivity index (χ4v) is 2.64. The number of carbonyl (C=O) groups is 1. The second-order valence-corrected chi connectivity index (χ2v) is 5.20. The molecule has 2 aliphatic rings. The highest BCUT2D eigenvalue weighted by Gasteiger charge is 2.31. The normalized spacial score (nSPS) is 18.4. The molecule has 1 N–H and O–H groups in total. The molecule has 0 bridgehead atoms. The number of rotatable bonds is 2. The van der Waals surface area contributed by atoms with E-state index in [4.69, 9.17) is 0 Å². The van der Waals surface area contributed by atoms with E-state index in [9.17, 15) is 4.79 Å². The largest absolute Gasteiger partial charge is 0.347 e. The molecule has 0 aromatic carbocycles. The number of fused-ring (bicyclic) bond motifs is 1. The number of nitrogens with one attached hydrogen (secondary N) is 1. The van der Waals surface area contributed by atoms with Crippen LogP contribution in [-0.4, -0.2) is 37.1 Å². The van der Waals surface area contributed by atoms with Gasteiger partial charge in [0.15, 0.2) is 0 Å². The summed E-state index contributed by atoms with van der Waals surface area (Å²) in [7, 11) is 0. The summed E-state index contributed by atoms with van der Waals surface area (Å²) in [5, 5.41) is 4.28. The van der Waals surface area contributed by atoms with Crippen LogP contribution in [0.1, 0.15) is 40.8 Å². The number of aromatic amines is 1. The summed E-state index contributed by atoms with van der Waals surface area (Å²) in [6.07, 6.45) is 6.51. The molecule has 6 heteroatoms. The van der Waals surface area contributed by atoms with Crippen molar-refractivity contribution in [1.29, 1.82) is 0 Å². The molecule has 0 spiro atoms. The number of hydrogen-bond acceptors (Lipinski definition) is 3. The number of aromatic nitrogens is 4. The van der Waals surface area contributed by atoms with E-state index in [0.29, 0.717) is 18.3 Å². The Morgan fingerprint density at radius 3 is 3.16 bits per heavy atom. The van der Waals surface area contributed by atoms with E-state index in [2.05, 4.69) is 15.1 Å². The van der Waals surface area contributed by atoms with Crippen LogP contribution < -0.4 is 0 Å². The maximum Gasteiger partial charge on any atom is 0.272 e. The fourth-order valence-electron chi connectivity index (χ4n) is 2.64. The van der Waals surface area contributed by atoms with Gasteiger partial charge in [-0.2, -0.15) is 5.10 Å². The quantitative estimate of drug-likeness (QED) is 0.877. The number of amides is 1. The lowest BCUT2D eigenvalue weighted by Crippen LogP contribution is -2.37. The molecule has 1 fully saturated rings. The van der Waals surface area contributed by atoms with Crippen LogP contribution in [0.2, 0.25) is 0 Å². The minimum Gasteiger partial charge on any atom is -0.347 e. The van der Waals surface area contributed by atoms with Gasteiger partial charge in [-0.25, -0.2) is 4.98 Å². The van der Waals surface area contributed by atoms with Gasteiger partial charge in [0.2, 0.25) is 0 Å². The highest BCUT2D eigenvalue weighted by Crippen LogP contribution is 2.35. The fraction of sp³-hybridized carbons (Fsp3) is 0.462. The number of nitrogens with zero attached hydrogens (tertiary/aromatic N) is 4. The molecule has 1 amide bonds. The van der Waals surface area contributed by atoms with E-state index < -0.39 is 0 Å². The predicted molar refractivity (Wildman–Crippen MR) is 67.5 cm³/mol. The highest BCUT2D eigenvalue weighted by atomic mass is 16.2. The Kier molecular flexibility index (Phi) is 2.24. The summed E-state index contributed by atoms with van der Waals surface area (Å²) in [6, 6.07) is 2.25. The van der Waals surface area contributed by atoms with E-state index in [1.807, 2.05) is 15.6 Å². The van der Waals surface area contributed by atoms with Crippen molar-refractivity contribution >= 4 is 5.91 Å². The third-order valence-electron chi connectivity index (χ3n) is 3.84. The van der Waals surface area contributed by atoms with Gasteiger partial charge < -0.3 is 9.88 Å². The van der Waals surface area contributed by atoms with Gasteiger partial charge in [0, 0.05) is 19.2 Å². The Morgan fingerprint density at radius 1 is 1.42 bits per heavy atom. The number of H-pyrrole nitrogens is 1. The molecule has 1 saturated carbocycles. The lowest BCUT2D eigenvalue weighted by atomic mass is 10.1. The molecule has 1 aliphatic carbocycles. The van der Waals surface area contributed by atoms with Crippen molar-refractivity contribution in [2.45, 2.75) is 31.8 Å². The van der Waals surface area contributed by atoms with E-state index in [1.54, 1.807) is 12.5 Å². The van der Waals surface area contributed by atoms with Crippen LogP contribution in [0.3, 0.4) is 0 Å². The minimum absolute atomic E-state index is 0.0738. The number of hydrogen-bond donors (Lipinski definition) is 1. The van der Waals surface area contributed by atoms with Crippen molar-refractivity contribution < 1.29 is 4.79 Å². The van der Waals surface area contributed by atoms with Crippen molar-refractivity contribution in [3.8, 4) is 0 Å². The summed E-state index contributed by atoms with van der Waals surface area (Å²) in [5.41, 5.74) is 2.85. The van der Waals surface area contributed by atoms with Crippen LogP contribution in [0.15, 0.2) is 18.6 Å². The lowest BCUT2D eigenvalue weighted by molar-refractivity contribution is 0.0719. The molecule has 2 aromatic heterocycles. The second kappa shape index (κ2) is 3.94. The van der Waals surface area contributed by atoms with Gasteiger partial charge in [-0.05, 0) is 18.9 Å². The van der Waals surface area contributed by atoms with Crippen LogP contribution in [0.4, 0.5) is 0 Å². The summed E-state index contributed by atoms with van der Waals surface area (Å²) >= 11 is 0. The van der Waals surface area contributed by atoms with Crippen LogP contribution in [-0.2, 0) is 13.0 Å². The van der Waals surface area contributed by atoms with Crippen LogP contribution >= 0.6 is 0 Å². The Hall–Kier alpha value is -2.11. The molecule has 6 nitrogen and oxygen atoms in total. The van der Waals surface area contributed by atoms with Crippen LogP contribution in [0.25, 0.3) is 0 Å². The van der Waals surface area contributed by atoms with Gasteiger partial charge in [-0.15, -0.1) is 0 Å². The zero-order chi connectivity index (χ0) is 12.8. The molecule has 19 heavy (non-hydrogen) atoms. The summed E-state index contributed by atoms with van der Waals surface area (Å²) in [5.74, 6) is 0.0738. The van der Waals surface area contributed by atoms with Crippen molar-refractivity contribution in [2.24, 2.45) is 0 Å². The maximum atomic E-state index is 12.6. The maximum absolute atomic E-state index is 12.6. The highest BCUT2D eigenvalue weighted by molar-refractivity contribution is 5.92. The molecule has 98 valence electrons. The first kappa shape index (κ1) is 10.8. The predicted octanol–water partition coefficient (Wildman–Crippen LogP) is 1.14. The third-order valence-corrected chi connectivity index (χ3v) is 3.84. The van der Waals surface area contributed by atoms with Crippen molar-refractivity contribution in [2.75, 3.05) is 6.54 Å². The molecular formula is C13H15N5O. The Balaban J connectivity index is 1.59. The molecule has 2 aromatic rings. The van der Waals surface area contributed by atoms with E-state index in [1.165, 1.54) is 0 Å². The zero-order valence-electron chi connectivity index (χ0n) is 10.5. The first-order valence-corrected chi connectivity index (χ1v) is 6.67. The van der Waals surface area contributed by atoms with Crippen molar-refractivity contribution in [1.82, 2.24) is 24.6 Å². The zero-order valence-corrected chi connectivity index (χ0v) is 10.5. The van der Waals surface area contributed by atoms with Crippen LogP contribution in [0, 0.1) is 0 Å². The molecule has 0 radical (unpaired) electrons. The Labute approximate surface area is 110 Å². The molecule has 1 aliphatic heterocycles. The van der Waals surface area contributed by atoms with Crippen LogP contribution in [0.5, 0.6) is 0 Å². The Bertz CT molecular complexity index is 625. The molecule has 0 atom stereocenters. The average Bonchev–Trinajstić information content (AvgIpc) is 3.00. The smallest absolute Gasteiger partial charge is 0.272 e. The first-order chi connectivity index (χ1) is 9.33. The summed E-state index contributed by atoms with van der Waals surface area (Å²) in [6.45, 7) is 1.34. The lowest BCUT2D eigenvalue weighted by Gasteiger charge is -2.26. The molecule has 0 saturated heterocycles. The van der Waals surface area contributed by atoms with Crippen molar-refractivity contribution in [3.63, 3.8) is 0 Å². The first-order valence-electron chi connectivity index (χ1n) is 6.67. The number of imidazole rings is 1. The second-order valence-electron chi connectivity index (χ2n) is 5.20. The summed E-state index contributed by atoms with van der Waals surface area (Å²) in [4.78, 5) is 21.8. The molecule has 0 unspecified atom stereocenters. The average molecular weight is 257 g/mol. The molecule has 4 rings (SSSR count). The monoisotopic (exact) mass is 257 g/mol. The third kappa shape index (κ3) is 1.75. The standard InChI is InChI=1S/C13H15N5O/c19-13(12-3-5-16-18(12)9-1-2-9)17-6-4-10-11(7-17)15-8-14-10/h3,5,8-9H,1-2,4,6-7H2,(H,14,15). The van der Waals surface area contributed by atoms with Gasteiger partial charge in [-0.1, -0.05) is 0 Å². The van der Waals surface area contributed by atoms with Gasteiger partial charge >= 0.3 is 0 Å². The molecular weight excluding hydrogens is 242 g/mol. The molecule has 3 heterocycles. The van der Waals surface area contributed by atoms with E-state index in [0.717, 1.165) is 37.2 Å². The SMILES string of the molecule is O=C(c1ccnn1C1CC1)N1CCc2nc[nH]c2C1. The van der Waals surface area contributed by atoms with E-state index >= 15 is 0 Å². The van der Waals surface area contributed by atoms with Gasteiger partial charge in [0.25, 0.3) is 5.91 Å². The van der Waals surface area contributed by atoms with Gasteiger partial charge in [-0.3, -0.25) is 9.48 Å². The minimum atomic E-state index is 0.0738. The number of carbonyl (C=O) groups excluding carboxylic acids is 1. The topological polar surface area (TPSA) is 66.8 Å². The Morgan fingerprint density at radius 2 is 2.32 bits per heavy atom. The van der Waals surface area contributed by atoms with E-state index in [-0.39, 0.29) is 5.91 Å². The van der Waals surface area contributed by atoms with Gasteiger partial charge in [0.1, 0.15) is 5.69 Å². The van der Waals surface area contributed by atoms with Gasteiger partial charge in [0.05, 0.1) is 30.3 Å².